The summed E-state index contributed by atoms with van der Waals surface area (Å²) in [6, 6.07) is 1.75. The summed E-state index contributed by atoms with van der Waals surface area (Å²) < 4.78 is 0. The molecule has 4 heteroatoms. The van der Waals surface area contributed by atoms with Crippen LogP contribution in [0.5, 0.6) is 0 Å². The first-order chi connectivity index (χ1) is 9.08. The van der Waals surface area contributed by atoms with Gasteiger partial charge in [-0.05, 0) is 46.6 Å². The summed E-state index contributed by atoms with van der Waals surface area (Å²) in [5.74, 6) is 0.922. The number of hydrogen-bond donors (Lipinski definition) is 2. The molecule has 3 atom stereocenters. The van der Waals surface area contributed by atoms with E-state index in [0.29, 0.717) is 12.1 Å². The SMILES string of the molecule is CCC(C)NC(=NC)NCC(C)N1CCCCC1C. The average Bonchev–Trinajstić information content (AvgIpc) is 2.43. The smallest absolute Gasteiger partial charge is 0.191 e. The van der Waals surface area contributed by atoms with Crippen molar-refractivity contribution in [1.29, 1.82) is 0 Å². The Morgan fingerprint density at radius 1 is 1.37 bits per heavy atom. The van der Waals surface area contributed by atoms with E-state index in [1.165, 1.54) is 25.8 Å². The van der Waals surface area contributed by atoms with E-state index in [0.717, 1.165) is 25.0 Å². The molecule has 0 amide bonds. The zero-order chi connectivity index (χ0) is 14.3. The summed E-state index contributed by atoms with van der Waals surface area (Å²) in [6.45, 7) is 11.2. The molecule has 1 rings (SSSR count). The van der Waals surface area contributed by atoms with Gasteiger partial charge in [-0.25, -0.2) is 0 Å². The van der Waals surface area contributed by atoms with E-state index in [1.807, 2.05) is 7.05 Å². The van der Waals surface area contributed by atoms with Crippen LogP contribution in [-0.4, -0.2) is 49.1 Å². The van der Waals surface area contributed by atoms with E-state index >= 15 is 0 Å². The molecule has 0 spiro atoms. The molecule has 0 saturated carbocycles. The monoisotopic (exact) mass is 268 g/mol. The molecule has 1 aliphatic heterocycles. The molecule has 0 aromatic rings. The van der Waals surface area contributed by atoms with Gasteiger partial charge in [0, 0.05) is 31.7 Å². The Balaban J connectivity index is 2.37. The fourth-order valence-electron chi connectivity index (χ4n) is 2.67. The molecule has 0 radical (unpaired) electrons. The number of aliphatic imine (C=N–C) groups is 1. The summed E-state index contributed by atoms with van der Waals surface area (Å²) in [7, 11) is 1.84. The molecule has 1 aliphatic rings. The fraction of sp³-hybridized carbons (Fsp3) is 0.933. The lowest BCUT2D eigenvalue weighted by molar-refractivity contribution is 0.115. The Kier molecular flexibility index (Phi) is 7.21. The zero-order valence-corrected chi connectivity index (χ0v) is 13.4. The lowest BCUT2D eigenvalue weighted by atomic mass is 10.0. The molecular formula is C15H32N4. The standard InChI is InChI=1S/C15H32N4/c1-6-12(2)18-15(16-5)17-11-14(4)19-10-8-7-9-13(19)3/h12-14H,6-11H2,1-5H3,(H2,16,17,18). The average molecular weight is 268 g/mol. The predicted octanol–water partition coefficient (Wildman–Crippen LogP) is 2.21. The molecular weight excluding hydrogens is 236 g/mol. The zero-order valence-electron chi connectivity index (χ0n) is 13.4. The third-order valence-electron chi connectivity index (χ3n) is 4.20. The van der Waals surface area contributed by atoms with Gasteiger partial charge < -0.3 is 10.6 Å². The van der Waals surface area contributed by atoms with Gasteiger partial charge in [0.05, 0.1) is 0 Å². The summed E-state index contributed by atoms with van der Waals surface area (Å²) in [6.07, 6.45) is 5.17. The van der Waals surface area contributed by atoms with Gasteiger partial charge in [0.15, 0.2) is 5.96 Å². The van der Waals surface area contributed by atoms with Crippen molar-refractivity contribution < 1.29 is 0 Å². The largest absolute Gasteiger partial charge is 0.355 e. The van der Waals surface area contributed by atoms with Gasteiger partial charge in [-0.1, -0.05) is 13.3 Å². The van der Waals surface area contributed by atoms with Crippen LogP contribution in [0.4, 0.5) is 0 Å². The number of piperidine rings is 1. The number of rotatable bonds is 5. The van der Waals surface area contributed by atoms with Crippen LogP contribution in [-0.2, 0) is 0 Å². The molecule has 4 nitrogen and oxygen atoms in total. The molecule has 3 unspecified atom stereocenters. The molecule has 112 valence electrons. The van der Waals surface area contributed by atoms with Crippen LogP contribution in [0.15, 0.2) is 4.99 Å². The van der Waals surface area contributed by atoms with Gasteiger partial charge in [0.1, 0.15) is 0 Å². The highest BCUT2D eigenvalue weighted by molar-refractivity contribution is 5.79. The maximum atomic E-state index is 4.29. The molecule has 1 saturated heterocycles. The highest BCUT2D eigenvalue weighted by Gasteiger charge is 2.22. The molecule has 0 aromatic heterocycles. The molecule has 1 heterocycles. The second-order valence-electron chi connectivity index (χ2n) is 5.84. The number of nitrogens with zero attached hydrogens (tertiary/aromatic N) is 2. The van der Waals surface area contributed by atoms with Crippen molar-refractivity contribution in [2.24, 2.45) is 4.99 Å². The van der Waals surface area contributed by atoms with E-state index in [1.54, 1.807) is 0 Å². The summed E-state index contributed by atoms with van der Waals surface area (Å²) >= 11 is 0. The summed E-state index contributed by atoms with van der Waals surface area (Å²) in [5.41, 5.74) is 0. The summed E-state index contributed by atoms with van der Waals surface area (Å²) in [4.78, 5) is 6.91. The van der Waals surface area contributed by atoms with Gasteiger partial charge in [-0.15, -0.1) is 0 Å². The minimum atomic E-state index is 0.468. The normalized spacial score (nSPS) is 24.9. The minimum Gasteiger partial charge on any atom is -0.355 e. The first-order valence-corrected chi connectivity index (χ1v) is 7.81. The second-order valence-corrected chi connectivity index (χ2v) is 5.84. The van der Waals surface area contributed by atoms with E-state index < -0.39 is 0 Å². The van der Waals surface area contributed by atoms with E-state index in [2.05, 4.69) is 48.2 Å². The first-order valence-electron chi connectivity index (χ1n) is 7.81. The molecule has 0 aromatic carbocycles. The topological polar surface area (TPSA) is 39.7 Å². The van der Waals surface area contributed by atoms with Crippen molar-refractivity contribution >= 4 is 5.96 Å². The quantitative estimate of drug-likeness (QED) is 0.593. The van der Waals surface area contributed by atoms with Gasteiger partial charge in [0.2, 0.25) is 0 Å². The molecule has 0 aliphatic carbocycles. The maximum absolute atomic E-state index is 4.29. The van der Waals surface area contributed by atoms with Crippen LogP contribution < -0.4 is 10.6 Å². The van der Waals surface area contributed by atoms with E-state index in [-0.39, 0.29) is 0 Å². The Morgan fingerprint density at radius 2 is 2.11 bits per heavy atom. The van der Waals surface area contributed by atoms with Crippen LogP contribution in [0.3, 0.4) is 0 Å². The molecule has 0 bridgehead atoms. The van der Waals surface area contributed by atoms with E-state index in [9.17, 15) is 0 Å². The number of nitrogens with one attached hydrogen (secondary N) is 2. The third-order valence-corrected chi connectivity index (χ3v) is 4.20. The number of hydrogen-bond acceptors (Lipinski definition) is 2. The maximum Gasteiger partial charge on any atom is 0.191 e. The van der Waals surface area contributed by atoms with E-state index in [4.69, 9.17) is 0 Å². The third kappa shape index (κ3) is 5.39. The van der Waals surface area contributed by atoms with Crippen molar-refractivity contribution in [3.05, 3.63) is 0 Å². The van der Waals surface area contributed by atoms with Crippen LogP contribution >= 0.6 is 0 Å². The Hall–Kier alpha value is -0.770. The van der Waals surface area contributed by atoms with Crippen molar-refractivity contribution in [2.45, 2.75) is 71.5 Å². The van der Waals surface area contributed by atoms with Crippen molar-refractivity contribution in [1.82, 2.24) is 15.5 Å². The Morgan fingerprint density at radius 3 is 2.68 bits per heavy atom. The molecule has 1 fully saturated rings. The van der Waals surface area contributed by atoms with Gasteiger partial charge in [-0.2, -0.15) is 0 Å². The Bertz CT molecular complexity index is 277. The summed E-state index contributed by atoms with van der Waals surface area (Å²) in [5, 5.41) is 6.86. The number of likely N-dealkylation sites (tertiary alicyclic amines) is 1. The van der Waals surface area contributed by atoms with Crippen molar-refractivity contribution in [3.63, 3.8) is 0 Å². The van der Waals surface area contributed by atoms with Crippen LogP contribution in [0, 0.1) is 0 Å². The molecule has 19 heavy (non-hydrogen) atoms. The number of guanidine groups is 1. The minimum absolute atomic E-state index is 0.468. The molecule has 2 N–H and O–H groups in total. The first kappa shape index (κ1) is 16.3. The second kappa shape index (κ2) is 8.41. The highest BCUT2D eigenvalue weighted by Crippen LogP contribution is 2.18. The van der Waals surface area contributed by atoms with Gasteiger partial charge in [-0.3, -0.25) is 9.89 Å². The fourth-order valence-corrected chi connectivity index (χ4v) is 2.67. The van der Waals surface area contributed by atoms with Crippen molar-refractivity contribution in [3.8, 4) is 0 Å². The lowest BCUT2D eigenvalue weighted by Gasteiger charge is -2.38. The predicted molar refractivity (Wildman–Crippen MR) is 83.7 cm³/mol. The van der Waals surface area contributed by atoms with Gasteiger partial charge >= 0.3 is 0 Å². The van der Waals surface area contributed by atoms with Crippen molar-refractivity contribution in [2.75, 3.05) is 20.1 Å². The van der Waals surface area contributed by atoms with Crippen LogP contribution in [0.1, 0.15) is 53.4 Å². The van der Waals surface area contributed by atoms with Crippen LogP contribution in [0.2, 0.25) is 0 Å². The van der Waals surface area contributed by atoms with Crippen LogP contribution in [0.25, 0.3) is 0 Å². The lowest BCUT2D eigenvalue weighted by Crippen LogP contribution is -2.51. The Labute approximate surface area is 119 Å². The van der Waals surface area contributed by atoms with Gasteiger partial charge in [0.25, 0.3) is 0 Å². The highest BCUT2D eigenvalue weighted by atomic mass is 15.2.